The number of carboxylic acid groups (broad SMARTS) is 1. The van der Waals surface area contributed by atoms with Crippen LogP contribution in [0, 0.1) is 5.92 Å². The minimum Gasteiger partial charge on any atom is -0.464 e. The molecular formula is C12H13N3O3. The number of rotatable bonds is 2. The molecule has 1 aromatic heterocycles. The van der Waals surface area contributed by atoms with Crippen LogP contribution in [-0.2, 0) is 4.79 Å². The van der Waals surface area contributed by atoms with Gasteiger partial charge in [0, 0.05) is 5.92 Å². The predicted molar refractivity (Wildman–Crippen MR) is 66.6 cm³/mol. The zero-order valence-electron chi connectivity index (χ0n) is 10.0. The normalized spacial score (nSPS) is 10.8. The maximum absolute atomic E-state index is 11.6. The van der Waals surface area contributed by atoms with Gasteiger partial charge >= 0.3 is 6.09 Å². The number of aromatic nitrogens is 2. The maximum atomic E-state index is 11.6. The molecule has 18 heavy (non-hydrogen) atoms. The molecule has 0 unspecified atom stereocenters. The van der Waals surface area contributed by atoms with Crippen molar-refractivity contribution in [1.29, 1.82) is 0 Å². The molecule has 2 rings (SSSR count). The van der Waals surface area contributed by atoms with Gasteiger partial charge in [-0.25, -0.2) is 14.3 Å². The van der Waals surface area contributed by atoms with Gasteiger partial charge in [0.05, 0.1) is 11.0 Å². The van der Waals surface area contributed by atoms with Crippen molar-refractivity contribution < 1.29 is 14.7 Å². The lowest BCUT2D eigenvalue weighted by Gasteiger charge is -2.07. The first-order chi connectivity index (χ1) is 8.50. The topological polar surface area (TPSA) is 84.2 Å². The molecule has 0 aliphatic carbocycles. The number of nitrogens with one attached hydrogen (secondary N) is 1. The molecule has 0 aliphatic heterocycles. The van der Waals surface area contributed by atoms with Crippen LogP contribution in [0.1, 0.15) is 13.8 Å². The smallest absolute Gasteiger partial charge is 0.418 e. The highest BCUT2D eigenvalue weighted by atomic mass is 16.4. The van der Waals surface area contributed by atoms with Gasteiger partial charge < -0.3 is 5.11 Å². The highest BCUT2D eigenvalue weighted by Crippen LogP contribution is 2.19. The van der Waals surface area contributed by atoms with Crippen LogP contribution in [0.4, 0.5) is 10.7 Å². The average Bonchev–Trinajstić information content (AvgIpc) is 2.66. The molecule has 1 heterocycles. The molecule has 0 spiro atoms. The van der Waals surface area contributed by atoms with E-state index in [1.165, 1.54) is 0 Å². The molecule has 1 amide bonds. The van der Waals surface area contributed by atoms with Gasteiger partial charge in [-0.05, 0) is 12.1 Å². The molecule has 0 radical (unpaired) electrons. The predicted octanol–water partition coefficient (Wildman–Crippen LogP) is 2.16. The second-order valence-corrected chi connectivity index (χ2v) is 4.19. The Morgan fingerprint density at radius 3 is 2.61 bits per heavy atom. The first kappa shape index (κ1) is 12.1. The molecule has 2 aromatic rings. The fourth-order valence-corrected chi connectivity index (χ4v) is 1.56. The number of para-hydroxylation sites is 2. The van der Waals surface area contributed by atoms with Crippen LogP contribution in [0.5, 0.6) is 0 Å². The molecule has 0 atom stereocenters. The van der Waals surface area contributed by atoms with E-state index >= 15 is 0 Å². The van der Waals surface area contributed by atoms with Crippen molar-refractivity contribution in [3.05, 3.63) is 24.3 Å². The van der Waals surface area contributed by atoms with Crippen molar-refractivity contribution in [2.45, 2.75) is 13.8 Å². The number of hydrogen-bond acceptors (Lipinski definition) is 3. The largest absolute Gasteiger partial charge is 0.464 e. The third-order valence-electron chi connectivity index (χ3n) is 2.51. The molecule has 0 fully saturated rings. The van der Waals surface area contributed by atoms with E-state index in [0.717, 1.165) is 4.57 Å². The van der Waals surface area contributed by atoms with Gasteiger partial charge in [-0.1, -0.05) is 26.0 Å². The van der Waals surface area contributed by atoms with Crippen molar-refractivity contribution in [3.63, 3.8) is 0 Å². The minimum atomic E-state index is -1.18. The first-order valence-corrected chi connectivity index (χ1v) is 5.52. The molecule has 0 bridgehead atoms. The maximum Gasteiger partial charge on any atom is 0.418 e. The molecule has 1 aromatic carbocycles. The number of carbonyl (C=O) groups is 2. The molecule has 94 valence electrons. The van der Waals surface area contributed by atoms with Crippen molar-refractivity contribution >= 4 is 29.0 Å². The summed E-state index contributed by atoms with van der Waals surface area (Å²) in [5, 5.41) is 11.7. The molecule has 0 saturated heterocycles. The quantitative estimate of drug-likeness (QED) is 0.851. The zero-order chi connectivity index (χ0) is 13.3. The van der Waals surface area contributed by atoms with Gasteiger partial charge in [-0.3, -0.25) is 10.1 Å². The van der Waals surface area contributed by atoms with E-state index in [-0.39, 0.29) is 17.8 Å². The molecule has 6 nitrogen and oxygen atoms in total. The van der Waals surface area contributed by atoms with Crippen molar-refractivity contribution in [1.82, 2.24) is 9.55 Å². The summed E-state index contributed by atoms with van der Waals surface area (Å²) in [5.41, 5.74) is 0.975. The van der Waals surface area contributed by atoms with Crippen LogP contribution < -0.4 is 5.32 Å². The standard InChI is InChI=1S/C12H13N3O3/c1-7(2)10(16)14-11-13-8-5-3-4-6-9(8)15(11)12(17)18/h3-7H,1-2H3,(H,17,18)(H,13,14,16). The summed E-state index contributed by atoms with van der Waals surface area (Å²) in [6, 6.07) is 6.81. The lowest BCUT2D eigenvalue weighted by molar-refractivity contribution is -0.118. The van der Waals surface area contributed by atoms with Crippen LogP contribution in [-0.4, -0.2) is 26.7 Å². The molecular weight excluding hydrogens is 234 g/mol. The molecule has 6 heteroatoms. The Labute approximate surface area is 103 Å². The Hall–Kier alpha value is -2.37. The van der Waals surface area contributed by atoms with Crippen LogP contribution in [0.25, 0.3) is 11.0 Å². The van der Waals surface area contributed by atoms with Gasteiger partial charge in [0.1, 0.15) is 0 Å². The lowest BCUT2D eigenvalue weighted by atomic mass is 10.2. The lowest BCUT2D eigenvalue weighted by Crippen LogP contribution is -2.22. The number of imidazole rings is 1. The van der Waals surface area contributed by atoms with Crippen LogP contribution >= 0.6 is 0 Å². The van der Waals surface area contributed by atoms with Crippen molar-refractivity contribution in [2.75, 3.05) is 5.32 Å². The Kier molecular flexibility index (Phi) is 3.01. The van der Waals surface area contributed by atoms with Crippen molar-refractivity contribution in [3.8, 4) is 0 Å². The summed E-state index contributed by atoms with van der Waals surface area (Å²) in [6.45, 7) is 3.45. The second-order valence-electron chi connectivity index (χ2n) is 4.19. The SMILES string of the molecule is CC(C)C(=O)Nc1nc2ccccc2n1C(=O)O. The molecule has 2 N–H and O–H groups in total. The fraction of sp³-hybridized carbons (Fsp3) is 0.250. The highest BCUT2D eigenvalue weighted by Gasteiger charge is 2.18. The summed E-state index contributed by atoms with van der Waals surface area (Å²) < 4.78 is 0.968. The number of anilines is 1. The second kappa shape index (κ2) is 4.48. The van der Waals surface area contributed by atoms with E-state index in [2.05, 4.69) is 10.3 Å². The van der Waals surface area contributed by atoms with Crippen LogP contribution in [0.2, 0.25) is 0 Å². The van der Waals surface area contributed by atoms with Gasteiger partial charge in [0.15, 0.2) is 0 Å². The average molecular weight is 247 g/mol. The van der Waals surface area contributed by atoms with Gasteiger partial charge in [-0.15, -0.1) is 0 Å². The minimum absolute atomic E-state index is 0.0300. The Balaban J connectivity index is 2.53. The summed E-state index contributed by atoms with van der Waals surface area (Å²) >= 11 is 0. The summed E-state index contributed by atoms with van der Waals surface area (Å²) in [4.78, 5) is 26.9. The summed E-state index contributed by atoms with van der Waals surface area (Å²) in [5.74, 6) is -0.484. The van der Waals surface area contributed by atoms with Gasteiger partial charge in [-0.2, -0.15) is 0 Å². The third kappa shape index (κ3) is 2.04. The third-order valence-corrected chi connectivity index (χ3v) is 2.51. The fourth-order valence-electron chi connectivity index (χ4n) is 1.56. The Morgan fingerprint density at radius 1 is 1.33 bits per heavy atom. The Morgan fingerprint density at radius 2 is 2.00 bits per heavy atom. The van der Waals surface area contributed by atoms with Gasteiger partial charge in [0.2, 0.25) is 11.9 Å². The van der Waals surface area contributed by atoms with Crippen LogP contribution in [0.15, 0.2) is 24.3 Å². The van der Waals surface area contributed by atoms with E-state index in [0.29, 0.717) is 11.0 Å². The number of benzene rings is 1. The van der Waals surface area contributed by atoms with E-state index in [4.69, 9.17) is 0 Å². The summed E-state index contributed by atoms with van der Waals surface area (Å²) in [7, 11) is 0. The number of fused-ring (bicyclic) bond motifs is 1. The first-order valence-electron chi connectivity index (χ1n) is 5.52. The number of nitrogens with zero attached hydrogens (tertiary/aromatic N) is 2. The van der Waals surface area contributed by atoms with E-state index in [9.17, 15) is 14.7 Å². The number of amides is 1. The van der Waals surface area contributed by atoms with E-state index in [1.54, 1.807) is 38.1 Å². The van der Waals surface area contributed by atoms with E-state index in [1.807, 2.05) is 0 Å². The zero-order valence-corrected chi connectivity index (χ0v) is 10.0. The number of hydrogen-bond donors (Lipinski definition) is 2. The van der Waals surface area contributed by atoms with Gasteiger partial charge in [0.25, 0.3) is 0 Å². The molecule has 0 aliphatic rings. The summed E-state index contributed by atoms with van der Waals surface area (Å²) in [6.07, 6.45) is -1.18. The van der Waals surface area contributed by atoms with E-state index < -0.39 is 6.09 Å². The molecule has 0 saturated carbocycles. The highest BCUT2D eigenvalue weighted by molar-refractivity contribution is 5.96. The monoisotopic (exact) mass is 247 g/mol. The van der Waals surface area contributed by atoms with Crippen LogP contribution in [0.3, 0.4) is 0 Å². The Bertz CT molecular complexity index is 616. The number of carbonyl (C=O) groups excluding carboxylic acids is 1. The van der Waals surface area contributed by atoms with Crippen molar-refractivity contribution in [2.24, 2.45) is 5.92 Å².